The molecular weight excluding hydrogens is 390 g/mol. The summed E-state index contributed by atoms with van der Waals surface area (Å²) >= 11 is 6.05. The molecule has 142 valence electrons. The molecule has 1 aromatic carbocycles. The van der Waals surface area contributed by atoms with Crippen LogP contribution in [0.25, 0.3) is 6.08 Å². The predicted molar refractivity (Wildman–Crippen MR) is 100 cm³/mol. The lowest BCUT2D eigenvalue weighted by molar-refractivity contribution is -0.311. The molecule has 7 nitrogen and oxygen atoms in total. The Morgan fingerprint density at radius 3 is 2.67 bits per heavy atom. The van der Waals surface area contributed by atoms with Gasteiger partial charge in [0.05, 0.1) is 16.9 Å². The molecule has 1 aliphatic heterocycles. The second kappa shape index (κ2) is 9.33. The summed E-state index contributed by atoms with van der Waals surface area (Å²) in [5.74, 6) is -3.11. The van der Waals surface area contributed by atoms with Crippen molar-refractivity contribution < 1.29 is 29.3 Å². The number of thioether (sulfide) groups is 1. The number of hydrogen-bond acceptors (Lipinski definition) is 8. The number of carbonyl (C=O) groups is 3. The van der Waals surface area contributed by atoms with Crippen LogP contribution in [-0.2, 0) is 14.4 Å². The molecule has 1 aromatic rings. The third kappa shape index (κ3) is 5.18. The molecule has 2 rings (SSSR count). The van der Waals surface area contributed by atoms with Crippen LogP contribution >= 0.6 is 24.0 Å². The fraction of sp³-hybridized carbons (Fsp3) is 0.222. The maximum atomic E-state index is 12.7. The molecule has 1 aliphatic rings. The average molecular weight is 405 g/mol. The van der Waals surface area contributed by atoms with E-state index in [1.807, 2.05) is 0 Å². The molecule has 0 spiro atoms. The molecule has 1 heterocycles. The number of hydrogen-bond donors (Lipinski definition) is 0. The van der Waals surface area contributed by atoms with E-state index in [2.05, 4.69) is 6.58 Å². The highest BCUT2D eigenvalue weighted by Crippen LogP contribution is 2.36. The van der Waals surface area contributed by atoms with Gasteiger partial charge in [0.15, 0.2) is 0 Å². The quantitative estimate of drug-likeness (QED) is 0.323. The van der Waals surface area contributed by atoms with Gasteiger partial charge in [0.2, 0.25) is 0 Å². The van der Waals surface area contributed by atoms with E-state index in [9.17, 15) is 24.6 Å². The van der Waals surface area contributed by atoms with E-state index in [0.29, 0.717) is 11.3 Å². The maximum Gasteiger partial charge on any atom is 0.266 e. The molecule has 1 saturated heterocycles. The van der Waals surface area contributed by atoms with Crippen molar-refractivity contribution in [3.8, 4) is 5.75 Å². The van der Waals surface area contributed by atoms with Crippen LogP contribution in [0.4, 0.5) is 0 Å². The van der Waals surface area contributed by atoms with E-state index in [4.69, 9.17) is 17.0 Å². The maximum absolute atomic E-state index is 12.7. The molecule has 0 bridgehead atoms. The van der Waals surface area contributed by atoms with E-state index in [1.54, 1.807) is 36.4 Å². The Morgan fingerprint density at radius 1 is 1.33 bits per heavy atom. The average Bonchev–Trinajstić information content (AvgIpc) is 2.88. The molecular formula is C18H15NO6S2-2. The normalized spacial score (nSPS) is 16.4. The Morgan fingerprint density at radius 2 is 2.04 bits per heavy atom. The SMILES string of the molecule is C=CCOc1ccccc1/C=C1\SC(=S)N([C@@H](CCC(=O)[O-])C(=O)[O-])C1=O. The summed E-state index contributed by atoms with van der Waals surface area (Å²) in [6.45, 7) is 3.86. The van der Waals surface area contributed by atoms with E-state index >= 15 is 0 Å². The Balaban J connectivity index is 2.29. The van der Waals surface area contributed by atoms with Crippen LogP contribution in [0.2, 0.25) is 0 Å². The first-order valence-corrected chi connectivity index (χ1v) is 9.08. The Hall–Kier alpha value is -2.65. The van der Waals surface area contributed by atoms with Crippen LogP contribution in [0.5, 0.6) is 5.75 Å². The summed E-state index contributed by atoms with van der Waals surface area (Å²) in [6, 6.07) is 5.51. The van der Waals surface area contributed by atoms with Gasteiger partial charge in [0.25, 0.3) is 5.91 Å². The van der Waals surface area contributed by atoms with Crippen molar-refractivity contribution in [3.63, 3.8) is 0 Å². The van der Waals surface area contributed by atoms with Gasteiger partial charge in [-0.1, -0.05) is 54.8 Å². The summed E-state index contributed by atoms with van der Waals surface area (Å²) < 4.78 is 5.55. The fourth-order valence-electron chi connectivity index (χ4n) is 2.38. The van der Waals surface area contributed by atoms with E-state index in [-0.39, 0.29) is 22.3 Å². The third-order valence-corrected chi connectivity index (χ3v) is 4.92. The number of rotatable bonds is 9. The number of benzene rings is 1. The minimum Gasteiger partial charge on any atom is -0.550 e. The van der Waals surface area contributed by atoms with Crippen LogP contribution in [0, 0.1) is 0 Å². The molecule has 1 atom stereocenters. The number of amides is 1. The minimum atomic E-state index is -1.58. The molecule has 0 aliphatic carbocycles. The number of aliphatic carboxylic acids is 2. The molecule has 0 aromatic heterocycles. The highest BCUT2D eigenvalue weighted by molar-refractivity contribution is 8.26. The number of ether oxygens (including phenoxy) is 1. The molecule has 0 unspecified atom stereocenters. The lowest BCUT2D eigenvalue weighted by Gasteiger charge is -2.27. The van der Waals surface area contributed by atoms with Gasteiger partial charge in [-0.25, -0.2) is 0 Å². The summed E-state index contributed by atoms with van der Waals surface area (Å²) in [5, 5.41) is 22.0. The van der Waals surface area contributed by atoms with Gasteiger partial charge < -0.3 is 24.5 Å². The van der Waals surface area contributed by atoms with Gasteiger partial charge in [-0.2, -0.15) is 0 Å². The molecule has 1 fully saturated rings. The van der Waals surface area contributed by atoms with Gasteiger partial charge >= 0.3 is 0 Å². The number of para-hydroxylation sites is 1. The number of thiocarbonyl (C=S) groups is 1. The van der Waals surface area contributed by atoms with Gasteiger partial charge in [0.1, 0.15) is 16.7 Å². The molecule has 0 saturated carbocycles. The minimum absolute atomic E-state index is 0.0169. The van der Waals surface area contributed by atoms with Gasteiger partial charge in [-0.15, -0.1) is 0 Å². The Labute approximate surface area is 165 Å². The second-order valence-electron chi connectivity index (χ2n) is 5.43. The molecule has 0 N–H and O–H groups in total. The molecule has 0 radical (unpaired) electrons. The lowest BCUT2D eigenvalue weighted by Crippen LogP contribution is -2.50. The van der Waals surface area contributed by atoms with Crippen LogP contribution in [0.1, 0.15) is 18.4 Å². The number of carboxylic acids is 2. The standard InChI is InChI=1S/C18H17NO6S2/c1-2-9-25-13-6-4-3-5-11(13)10-14-16(22)19(18(26)27-14)12(17(23)24)7-8-15(20)21/h2-6,10,12H,1,7-9H2,(H,20,21)(H,23,24)/p-2/b14-10-/t12-/m0/s1. The largest absolute Gasteiger partial charge is 0.550 e. The van der Waals surface area contributed by atoms with Gasteiger partial charge in [0, 0.05) is 11.5 Å². The van der Waals surface area contributed by atoms with Crippen molar-refractivity contribution in [1.29, 1.82) is 0 Å². The van der Waals surface area contributed by atoms with Crippen LogP contribution < -0.4 is 14.9 Å². The monoisotopic (exact) mass is 405 g/mol. The number of nitrogens with zero attached hydrogens (tertiary/aromatic N) is 1. The summed E-state index contributed by atoms with van der Waals surface area (Å²) in [4.78, 5) is 35.8. The van der Waals surface area contributed by atoms with Crippen molar-refractivity contribution >= 4 is 52.2 Å². The molecule has 1 amide bonds. The first-order valence-electron chi connectivity index (χ1n) is 7.85. The first-order chi connectivity index (χ1) is 12.8. The van der Waals surface area contributed by atoms with Crippen molar-refractivity contribution in [2.75, 3.05) is 6.61 Å². The zero-order valence-electron chi connectivity index (χ0n) is 14.1. The van der Waals surface area contributed by atoms with Gasteiger partial charge in [-0.05, 0) is 25.0 Å². The first kappa shape index (κ1) is 20.7. The van der Waals surface area contributed by atoms with Crippen LogP contribution in [0.3, 0.4) is 0 Å². The van der Waals surface area contributed by atoms with Crippen molar-refractivity contribution in [2.45, 2.75) is 18.9 Å². The van der Waals surface area contributed by atoms with Gasteiger partial charge in [-0.3, -0.25) is 9.69 Å². The zero-order valence-corrected chi connectivity index (χ0v) is 15.7. The smallest absolute Gasteiger partial charge is 0.266 e. The zero-order chi connectivity index (χ0) is 20.0. The van der Waals surface area contributed by atoms with Crippen molar-refractivity contribution in [1.82, 2.24) is 4.90 Å². The lowest BCUT2D eigenvalue weighted by atomic mass is 10.1. The van der Waals surface area contributed by atoms with Crippen LogP contribution in [0.15, 0.2) is 41.8 Å². The summed E-state index contributed by atoms with van der Waals surface area (Å²) in [7, 11) is 0. The summed E-state index contributed by atoms with van der Waals surface area (Å²) in [5.41, 5.74) is 0.611. The molecule has 27 heavy (non-hydrogen) atoms. The van der Waals surface area contributed by atoms with E-state index < -0.39 is 30.3 Å². The van der Waals surface area contributed by atoms with Crippen LogP contribution in [-0.4, -0.2) is 39.7 Å². The Bertz CT molecular complexity index is 820. The highest BCUT2D eigenvalue weighted by atomic mass is 32.2. The highest BCUT2D eigenvalue weighted by Gasteiger charge is 2.37. The third-order valence-electron chi connectivity index (χ3n) is 3.59. The number of carboxylic acid groups (broad SMARTS) is 2. The number of carbonyl (C=O) groups excluding carboxylic acids is 3. The topological polar surface area (TPSA) is 110 Å². The van der Waals surface area contributed by atoms with Crippen molar-refractivity contribution in [2.24, 2.45) is 0 Å². The van der Waals surface area contributed by atoms with E-state index in [0.717, 1.165) is 16.7 Å². The van der Waals surface area contributed by atoms with E-state index in [1.165, 1.54) is 0 Å². The van der Waals surface area contributed by atoms with Crippen molar-refractivity contribution in [3.05, 3.63) is 47.4 Å². The second-order valence-corrected chi connectivity index (χ2v) is 7.11. The fourth-order valence-corrected chi connectivity index (χ4v) is 3.72. The summed E-state index contributed by atoms with van der Waals surface area (Å²) in [6.07, 6.45) is 2.23. The molecule has 9 heteroatoms. The Kier molecular flexibility index (Phi) is 7.14. The predicted octanol–water partition coefficient (Wildman–Crippen LogP) is 0.101.